The zero-order valence-electron chi connectivity index (χ0n) is 18.1. The molecule has 0 saturated heterocycles. The Morgan fingerprint density at radius 1 is 1.15 bits per heavy atom. The number of hydrogen-bond donors (Lipinski definition) is 0. The molecule has 1 aliphatic rings. The van der Waals surface area contributed by atoms with Crippen molar-refractivity contribution in [2.75, 3.05) is 6.79 Å². The summed E-state index contributed by atoms with van der Waals surface area (Å²) in [4.78, 5) is 17.6. The lowest BCUT2D eigenvalue weighted by Gasteiger charge is -2.10. The molecule has 9 heteroatoms. The van der Waals surface area contributed by atoms with Crippen molar-refractivity contribution in [3.63, 3.8) is 0 Å². The molecule has 0 bridgehead atoms. The molecule has 2 heterocycles. The number of ether oxygens (including phenoxy) is 3. The highest BCUT2D eigenvalue weighted by Gasteiger charge is 2.14. The maximum atomic E-state index is 13.0. The first kappa shape index (κ1) is 22.9. The fourth-order valence-corrected chi connectivity index (χ4v) is 4.63. The standard InChI is InChI=1S/C25H19BrIN3O4/c1-2-24-29-20-6-5-17(26)11-18(20)25(31)30(24)28-12-15-3-7-21(19(27)9-15)32-13-16-4-8-22-23(10-16)34-14-33-22/h3-12H,2,13-14H2,1H3. The van der Waals surface area contributed by atoms with Crippen molar-refractivity contribution in [3.8, 4) is 17.2 Å². The van der Waals surface area contributed by atoms with Crippen LogP contribution in [0.15, 0.2) is 69.0 Å². The number of nitrogens with zero attached hydrogens (tertiary/aromatic N) is 3. The molecule has 0 saturated carbocycles. The van der Waals surface area contributed by atoms with Crippen LogP contribution in [-0.2, 0) is 13.0 Å². The second-order valence-electron chi connectivity index (χ2n) is 7.57. The fraction of sp³-hybridized carbons (Fsp3) is 0.160. The summed E-state index contributed by atoms with van der Waals surface area (Å²) in [7, 11) is 0. The minimum Gasteiger partial charge on any atom is -0.488 e. The summed E-state index contributed by atoms with van der Waals surface area (Å²) in [5.74, 6) is 2.86. The molecule has 172 valence electrons. The molecule has 5 rings (SSSR count). The van der Waals surface area contributed by atoms with Crippen LogP contribution in [0.4, 0.5) is 0 Å². The lowest BCUT2D eigenvalue weighted by atomic mass is 10.2. The van der Waals surface area contributed by atoms with Crippen LogP contribution in [0.5, 0.6) is 17.2 Å². The van der Waals surface area contributed by atoms with Crippen molar-refractivity contribution >= 4 is 55.6 Å². The van der Waals surface area contributed by atoms with E-state index in [0.29, 0.717) is 29.8 Å². The molecule has 0 aliphatic carbocycles. The molecule has 34 heavy (non-hydrogen) atoms. The highest BCUT2D eigenvalue weighted by atomic mass is 127. The first-order valence-electron chi connectivity index (χ1n) is 10.6. The molecule has 0 amide bonds. The van der Waals surface area contributed by atoms with E-state index in [2.05, 4.69) is 48.6 Å². The van der Waals surface area contributed by atoms with Crippen LogP contribution in [0.2, 0.25) is 0 Å². The van der Waals surface area contributed by atoms with Gasteiger partial charge in [0, 0.05) is 10.9 Å². The molecule has 4 aromatic rings. The van der Waals surface area contributed by atoms with E-state index in [1.165, 1.54) is 4.68 Å². The van der Waals surface area contributed by atoms with E-state index < -0.39 is 0 Å². The van der Waals surface area contributed by atoms with Crippen LogP contribution < -0.4 is 19.8 Å². The summed E-state index contributed by atoms with van der Waals surface area (Å²) in [5, 5.41) is 4.97. The van der Waals surface area contributed by atoms with Gasteiger partial charge in [0.25, 0.3) is 5.56 Å². The van der Waals surface area contributed by atoms with Crippen LogP contribution in [-0.4, -0.2) is 22.7 Å². The Morgan fingerprint density at radius 2 is 2.00 bits per heavy atom. The largest absolute Gasteiger partial charge is 0.488 e. The Kier molecular flexibility index (Phi) is 6.55. The molecule has 0 radical (unpaired) electrons. The molecule has 1 aromatic heterocycles. The first-order chi connectivity index (χ1) is 16.5. The number of rotatable bonds is 6. The average molecular weight is 632 g/mol. The van der Waals surface area contributed by atoms with Gasteiger partial charge in [-0.3, -0.25) is 4.79 Å². The quantitative estimate of drug-likeness (QED) is 0.207. The zero-order chi connectivity index (χ0) is 23.7. The number of benzene rings is 3. The van der Waals surface area contributed by atoms with Gasteiger partial charge in [-0.2, -0.15) is 9.78 Å². The Balaban J connectivity index is 1.36. The lowest BCUT2D eigenvalue weighted by Crippen LogP contribution is -2.22. The van der Waals surface area contributed by atoms with Crippen LogP contribution in [0, 0.1) is 3.57 Å². The molecule has 3 aromatic carbocycles. The minimum atomic E-state index is -0.197. The summed E-state index contributed by atoms with van der Waals surface area (Å²) in [6, 6.07) is 17.0. The third kappa shape index (κ3) is 4.67. The van der Waals surface area contributed by atoms with Gasteiger partial charge < -0.3 is 14.2 Å². The fourth-order valence-electron chi connectivity index (χ4n) is 3.57. The Bertz CT molecular complexity index is 1490. The maximum Gasteiger partial charge on any atom is 0.282 e. The van der Waals surface area contributed by atoms with Crippen molar-refractivity contribution in [1.82, 2.24) is 9.66 Å². The van der Waals surface area contributed by atoms with Gasteiger partial charge in [0.1, 0.15) is 18.2 Å². The molecule has 7 nitrogen and oxygen atoms in total. The van der Waals surface area contributed by atoms with Crippen molar-refractivity contribution in [2.24, 2.45) is 5.10 Å². The van der Waals surface area contributed by atoms with Crippen LogP contribution >= 0.6 is 38.5 Å². The van der Waals surface area contributed by atoms with Gasteiger partial charge in [0.15, 0.2) is 11.5 Å². The van der Waals surface area contributed by atoms with Gasteiger partial charge in [0.05, 0.1) is 20.7 Å². The summed E-state index contributed by atoms with van der Waals surface area (Å²) >= 11 is 5.65. The smallest absolute Gasteiger partial charge is 0.282 e. The van der Waals surface area contributed by atoms with E-state index in [-0.39, 0.29) is 12.4 Å². The Morgan fingerprint density at radius 3 is 2.82 bits per heavy atom. The minimum absolute atomic E-state index is 0.197. The van der Waals surface area contributed by atoms with Crippen molar-refractivity contribution in [2.45, 2.75) is 20.0 Å². The summed E-state index contributed by atoms with van der Waals surface area (Å²) in [6.07, 6.45) is 2.25. The number of fused-ring (bicyclic) bond motifs is 2. The molecule has 1 aliphatic heterocycles. The topological polar surface area (TPSA) is 74.9 Å². The van der Waals surface area contributed by atoms with Crippen LogP contribution in [0.3, 0.4) is 0 Å². The van der Waals surface area contributed by atoms with Crippen molar-refractivity contribution in [1.29, 1.82) is 0 Å². The first-order valence-corrected chi connectivity index (χ1v) is 12.5. The number of aromatic nitrogens is 2. The monoisotopic (exact) mass is 631 g/mol. The second-order valence-corrected chi connectivity index (χ2v) is 9.65. The molecule has 0 N–H and O–H groups in total. The zero-order valence-corrected chi connectivity index (χ0v) is 21.9. The SMILES string of the molecule is CCc1nc2ccc(Br)cc2c(=O)n1N=Cc1ccc(OCc2ccc3c(c2)OCO3)c(I)c1. The number of halogens is 2. The molecular weight excluding hydrogens is 613 g/mol. The molecule has 0 unspecified atom stereocenters. The summed E-state index contributed by atoms with van der Waals surface area (Å²) in [6.45, 7) is 2.61. The molecular formula is C25H19BrIN3O4. The summed E-state index contributed by atoms with van der Waals surface area (Å²) < 4.78 is 19.9. The van der Waals surface area contributed by atoms with Gasteiger partial charge in [-0.1, -0.05) is 28.9 Å². The lowest BCUT2D eigenvalue weighted by molar-refractivity contribution is 0.174. The van der Waals surface area contributed by atoms with Crippen molar-refractivity contribution < 1.29 is 14.2 Å². The highest BCUT2D eigenvalue weighted by molar-refractivity contribution is 14.1. The van der Waals surface area contributed by atoms with Gasteiger partial charge in [-0.05, 0) is 82.2 Å². The van der Waals surface area contributed by atoms with Gasteiger partial charge in [-0.15, -0.1) is 0 Å². The average Bonchev–Trinajstić information content (AvgIpc) is 3.31. The Hall–Kier alpha value is -2.92. The van der Waals surface area contributed by atoms with E-state index in [1.54, 1.807) is 12.3 Å². The summed E-state index contributed by atoms with van der Waals surface area (Å²) in [5.41, 5.74) is 2.31. The maximum absolute atomic E-state index is 13.0. The van der Waals surface area contributed by atoms with E-state index in [0.717, 1.165) is 36.4 Å². The van der Waals surface area contributed by atoms with Gasteiger partial charge in [0.2, 0.25) is 6.79 Å². The predicted octanol–water partition coefficient (Wildman–Crippen LogP) is 5.52. The molecule has 0 fully saturated rings. The predicted molar refractivity (Wildman–Crippen MR) is 142 cm³/mol. The molecule has 0 spiro atoms. The number of hydrogen-bond acceptors (Lipinski definition) is 6. The van der Waals surface area contributed by atoms with E-state index in [1.807, 2.05) is 55.5 Å². The Labute approximate surface area is 217 Å². The van der Waals surface area contributed by atoms with Gasteiger partial charge in [-0.25, -0.2) is 4.98 Å². The van der Waals surface area contributed by atoms with Crippen LogP contribution in [0.1, 0.15) is 23.9 Å². The third-order valence-electron chi connectivity index (χ3n) is 5.30. The van der Waals surface area contributed by atoms with Crippen LogP contribution in [0.25, 0.3) is 10.9 Å². The van der Waals surface area contributed by atoms with Crippen molar-refractivity contribution in [3.05, 3.63) is 89.9 Å². The highest BCUT2D eigenvalue weighted by Crippen LogP contribution is 2.33. The second kappa shape index (κ2) is 9.75. The number of aryl methyl sites for hydroxylation is 1. The van der Waals surface area contributed by atoms with E-state index >= 15 is 0 Å². The third-order valence-corrected chi connectivity index (χ3v) is 6.64. The van der Waals surface area contributed by atoms with Gasteiger partial charge >= 0.3 is 0 Å². The molecule has 0 atom stereocenters. The van der Waals surface area contributed by atoms with E-state index in [4.69, 9.17) is 14.2 Å². The van der Waals surface area contributed by atoms with E-state index in [9.17, 15) is 4.79 Å². The normalized spacial score (nSPS) is 12.6.